The predicted octanol–water partition coefficient (Wildman–Crippen LogP) is 1.32. The van der Waals surface area contributed by atoms with Crippen LogP contribution in [0.3, 0.4) is 0 Å². The second-order valence-corrected chi connectivity index (χ2v) is 5.42. The van der Waals surface area contributed by atoms with Crippen LogP contribution >= 0.6 is 0 Å². The molecule has 0 N–H and O–H groups in total. The van der Waals surface area contributed by atoms with Crippen molar-refractivity contribution in [1.29, 1.82) is 0 Å². The van der Waals surface area contributed by atoms with Crippen LogP contribution in [0.4, 0.5) is 0 Å². The SMILES string of the molecule is c1ccc2oc(CN3CCOC(Cn4cncn4)C3)nc2c1. The Hall–Kier alpha value is -2.25. The summed E-state index contributed by atoms with van der Waals surface area (Å²) in [6, 6.07) is 7.84. The Kier molecular flexibility index (Phi) is 3.57. The van der Waals surface area contributed by atoms with E-state index >= 15 is 0 Å². The van der Waals surface area contributed by atoms with Crippen molar-refractivity contribution in [2.75, 3.05) is 19.7 Å². The van der Waals surface area contributed by atoms with Gasteiger partial charge >= 0.3 is 0 Å². The van der Waals surface area contributed by atoms with Gasteiger partial charge in [-0.2, -0.15) is 5.10 Å². The van der Waals surface area contributed by atoms with Gasteiger partial charge in [0.05, 0.1) is 25.8 Å². The third-order valence-corrected chi connectivity index (χ3v) is 3.78. The molecule has 1 fully saturated rings. The number of nitrogens with zero attached hydrogens (tertiary/aromatic N) is 5. The highest BCUT2D eigenvalue weighted by Gasteiger charge is 2.22. The van der Waals surface area contributed by atoms with Crippen LogP contribution in [0.15, 0.2) is 41.3 Å². The number of aromatic nitrogens is 4. The van der Waals surface area contributed by atoms with Gasteiger partial charge < -0.3 is 9.15 Å². The summed E-state index contributed by atoms with van der Waals surface area (Å²) < 4.78 is 13.4. The van der Waals surface area contributed by atoms with Crippen LogP contribution in [0, 0.1) is 0 Å². The molecular weight excluding hydrogens is 282 g/mol. The van der Waals surface area contributed by atoms with E-state index in [1.807, 2.05) is 24.3 Å². The third-order valence-electron chi connectivity index (χ3n) is 3.78. The molecule has 3 aromatic rings. The van der Waals surface area contributed by atoms with Crippen molar-refractivity contribution in [2.24, 2.45) is 0 Å². The van der Waals surface area contributed by atoms with Crippen molar-refractivity contribution in [3.05, 3.63) is 42.8 Å². The average Bonchev–Trinajstić information content (AvgIpc) is 3.16. The highest BCUT2D eigenvalue weighted by atomic mass is 16.5. The summed E-state index contributed by atoms with van der Waals surface area (Å²) in [6.45, 7) is 3.83. The highest BCUT2D eigenvalue weighted by molar-refractivity contribution is 5.72. The second-order valence-electron chi connectivity index (χ2n) is 5.42. The standard InChI is InChI=1S/C15H17N5O2/c1-2-4-14-13(3-1)18-15(22-14)9-19-5-6-21-12(7-19)8-20-11-16-10-17-20/h1-4,10-12H,5-9H2. The Bertz CT molecular complexity index is 706. The molecule has 2 aromatic heterocycles. The maximum atomic E-state index is 5.80. The van der Waals surface area contributed by atoms with E-state index in [9.17, 15) is 0 Å². The molecule has 4 rings (SSSR count). The first-order valence-electron chi connectivity index (χ1n) is 7.37. The van der Waals surface area contributed by atoms with Gasteiger partial charge in [-0.1, -0.05) is 12.1 Å². The zero-order valence-electron chi connectivity index (χ0n) is 12.1. The Morgan fingerprint density at radius 3 is 3.09 bits per heavy atom. The quantitative estimate of drug-likeness (QED) is 0.723. The zero-order valence-corrected chi connectivity index (χ0v) is 12.1. The molecule has 1 aliphatic heterocycles. The molecule has 1 saturated heterocycles. The van der Waals surface area contributed by atoms with Crippen LogP contribution in [0.2, 0.25) is 0 Å². The molecule has 0 spiro atoms. The molecule has 3 heterocycles. The van der Waals surface area contributed by atoms with Gasteiger partial charge in [0.15, 0.2) is 5.58 Å². The second kappa shape index (κ2) is 5.86. The van der Waals surface area contributed by atoms with Gasteiger partial charge in [-0.3, -0.25) is 9.58 Å². The largest absolute Gasteiger partial charge is 0.439 e. The Labute approximate surface area is 127 Å². The van der Waals surface area contributed by atoms with Gasteiger partial charge in [-0.25, -0.2) is 9.97 Å². The lowest BCUT2D eigenvalue weighted by Crippen LogP contribution is -2.43. The normalized spacial score (nSPS) is 19.7. The number of fused-ring (bicyclic) bond motifs is 1. The third kappa shape index (κ3) is 2.86. The summed E-state index contributed by atoms with van der Waals surface area (Å²) in [5.41, 5.74) is 1.75. The molecule has 22 heavy (non-hydrogen) atoms. The molecular formula is C15H17N5O2. The number of hydrogen-bond donors (Lipinski definition) is 0. The van der Waals surface area contributed by atoms with E-state index in [4.69, 9.17) is 9.15 Å². The number of rotatable bonds is 4. The van der Waals surface area contributed by atoms with Gasteiger partial charge in [0, 0.05) is 13.1 Å². The smallest absolute Gasteiger partial charge is 0.209 e. The van der Waals surface area contributed by atoms with Crippen molar-refractivity contribution >= 4 is 11.1 Å². The minimum Gasteiger partial charge on any atom is -0.439 e. The van der Waals surface area contributed by atoms with Crippen LogP contribution in [0.25, 0.3) is 11.1 Å². The van der Waals surface area contributed by atoms with E-state index in [-0.39, 0.29) is 6.10 Å². The molecule has 1 unspecified atom stereocenters. The predicted molar refractivity (Wildman–Crippen MR) is 79.0 cm³/mol. The molecule has 114 valence electrons. The number of para-hydroxylation sites is 2. The summed E-state index contributed by atoms with van der Waals surface area (Å²) in [5.74, 6) is 0.752. The van der Waals surface area contributed by atoms with Crippen LogP contribution in [-0.4, -0.2) is 50.4 Å². The first-order valence-corrected chi connectivity index (χ1v) is 7.37. The van der Waals surface area contributed by atoms with Gasteiger partial charge in [0.25, 0.3) is 0 Å². The highest BCUT2D eigenvalue weighted by Crippen LogP contribution is 2.17. The summed E-state index contributed by atoms with van der Waals surface area (Å²) >= 11 is 0. The van der Waals surface area contributed by atoms with Gasteiger partial charge in [-0.15, -0.1) is 0 Å². The fourth-order valence-corrected chi connectivity index (χ4v) is 2.75. The molecule has 0 radical (unpaired) electrons. The minimum absolute atomic E-state index is 0.111. The van der Waals surface area contributed by atoms with Crippen molar-refractivity contribution in [3.8, 4) is 0 Å². The number of ether oxygens (including phenoxy) is 1. The molecule has 1 aliphatic rings. The Morgan fingerprint density at radius 2 is 2.23 bits per heavy atom. The molecule has 7 heteroatoms. The minimum atomic E-state index is 0.111. The van der Waals surface area contributed by atoms with E-state index in [0.717, 1.165) is 30.1 Å². The van der Waals surface area contributed by atoms with E-state index < -0.39 is 0 Å². The first-order chi connectivity index (χ1) is 10.9. The lowest BCUT2D eigenvalue weighted by atomic mass is 10.2. The molecule has 1 aromatic carbocycles. The van der Waals surface area contributed by atoms with Crippen LogP contribution < -0.4 is 0 Å². The number of benzene rings is 1. The van der Waals surface area contributed by atoms with Gasteiger partial charge in [-0.05, 0) is 12.1 Å². The Balaban J connectivity index is 1.41. The monoisotopic (exact) mass is 299 g/mol. The molecule has 1 atom stereocenters. The maximum absolute atomic E-state index is 5.80. The topological polar surface area (TPSA) is 69.2 Å². The molecule has 0 saturated carbocycles. The van der Waals surface area contributed by atoms with E-state index in [1.54, 1.807) is 17.3 Å². The maximum Gasteiger partial charge on any atom is 0.209 e. The molecule has 0 amide bonds. The summed E-state index contributed by atoms with van der Waals surface area (Å²) in [7, 11) is 0. The van der Waals surface area contributed by atoms with E-state index in [2.05, 4.69) is 20.0 Å². The van der Waals surface area contributed by atoms with Crippen molar-refractivity contribution < 1.29 is 9.15 Å². The summed E-state index contributed by atoms with van der Waals surface area (Å²) in [6.07, 6.45) is 3.36. The number of hydrogen-bond acceptors (Lipinski definition) is 6. The first kappa shape index (κ1) is 13.4. The fraction of sp³-hybridized carbons (Fsp3) is 0.400. The summed E-state index contributed by atoms with van der Waals surface area (Å²) in [4.78, 5) is 10.8. The lowest BCUT2D eigenvalue weighted by Gasteiger charge is -2.31. The van der Waals surface area contributed by atoms with Crippen molar-refractivity contribution in [2.45, 2.75) is 19.2 Å². The molecule has 0 aliphatic carbocycles. The number of oxazole rings is 1. The van der Waals surface area contributed by atoms with Crippen LogP contribution in [-0.2, 0) is 17.8 Å². The molecule has 7 nitrogen and oxygen atoms in total. The van der Waals surface area contributed by atoms with Gasteiger partial charge in [0.2, 0.25) is 5.89 Å². The zero-order chi connectivity index (χ0) is 14.8. The fourth-order valence-electron chi connectivity index (χ4n) is 2.75. The van der Waals surface area contributed by atoms with Crippen molar-refractivity contribution in [1.82, 2.24) is 24.6 Å². The van der Waals surface area contributed by atoms with Crippen molar-refractivity contribution in [3.63, 3.8) is 0 Å². The van der Waals surface area contributed by atoms with E-state index in [0.29, 0.717) is 19.7 Å². The molecule has 0 bridgehead atoms. The van der Waals surface area contributed by atoms with E-state index in [1.165, 1.54) is 0 Å². The van der Waals surface area contributed by atoms with Gasteiger partial charge in [0.1, 0.15) is 18.2 Å². The average molecular weight is 299 g/mol. The number of morpholine rings is 1. The lowest BCUT2D eigenvalue weighted by molar-refractivity contribution is -0.0421. The Morgan fingerprint density at radius 1 is 1.27 bits per heavy atom. The summed E-state index contributed by atoms with van der Waals surface area (Å²) in [5, 5.41) is 4.12. The van der Waals surface area contributed by atoms with Crippen LogP contribution in [0.5, 0.6) is 0 Å². The van der Waals surface area contributed by atoms with Crippen LogP contribution in [0.1, 0.15) is 5.89 Å².